The van der Waals surface area contributed by atoms with E-state index >= 15 is 0 Å². The number of aliphatic carboxylic acids is 1. The highest BCUT2D eigenvalue weighted by atomic mass is 16.4. The molecule has 0 heterocycles. The molecule has 118 valence electrons. The molecule has 0 atom stereocenters. The molecule has 0 aromatic heterocycles. The summed E-state index contributed by atoms with van der Waals surface area (Å²) in [7, 11) is 0. The molecule has 0 unspecified atom stereocenters. The number of phenolic OH excluding ortho intramolecular Hbond substituents is 1. The van der Waals surface area contributed by atoms with Gasteiger partial charge in [0.25, 0.3) is 0 Å². The lowest BCUT2D eigenvalue weighted by Crippen LogP contribution is -1.97. The number of phenols is 1. The molecule has 0 fully saturated rings. The second-order valence-corrected chi connectivity index (χ2v) is 4.73. The van der Waals surface area contributed by atoms with E-state index in [-0.39, 0.29) is 29.8 Å². The number of rotatable bonds is 6. The maximum Gasteiger partial charge on any atom is 0.337 e. The lowest BCUT2D eigenvalue weighted by Gasteiger charge is -2.04. The van der Waals surface area contributed by atoms with Gasteiger partial charge in [0.15, 0.2) is 0 Å². The Hall–Kier alpha value is -3.22. The van der Waals surface area contributed by atoms with Crippen LogP contribution in [0.1, 0.15) is 22.3 Å². The highest BCUT2D eigenvalue weighted by Gasteiger charge is 2.09. The number of carboxylic acids is 2. The monoisotopic (exact) mass is 314 g/mol. The minimum atomic E-state index is -1.10. The molecule has 7 heteroatoms. The van der Waals surface area contributed by atoms with E-state index in [1.54, 1.807) is 12.1 Å². The predicted molar refractivity (Wildman–Crippen MR) is 81.6 cm³/mol. The molecule has 7 nitrogen and oxygen atoms in total. The van der Waals surface area contributed by atoms with Crippen molar-refractivity contribution >= 4 is 23.3 Å². The van der Waals surface area contributed by atoms with Gasteiger partial charge in [-0.25, -0.2) is 4.79 Å². The first-order chi connectivity index (χ1) is 11.0. The van der Waals surface area contributed by atoms with Crippen LogP contribution in [0.5, 0.6) is 5.75 Å². The van der Waals surface area contributed by atoms with Crippen molar-refractivity contribution in [1.82, 2.24) is 0 Å². The number of carboxylic acid groups (broad SMARTS) is 2. The molecule has 3 N–H and O–H groups in total. The summed E-state index contributed by atoms with van der Waals surface area (Å²) < 4.78 is 0. The van der Waals surface area contributed by atoms with Crippen LogP contribution < -0.4 is 0 Å². The Morgan fingerprint density at radius 2 is 1.74 bits per heavy atom. The number of nitrogens with zero attached hydrogens (tertiary/aromatic N) is 2. The number of aromatic hydroxyl groups is 1. The number of hydrogen-bond donors (Lipinski definition) is 3. The van der Waals surface area contributed by atoms with Crippen molar-refractivity contribution in [2.75, 3.05) is 0 Å². The van der Waals surface area contributed by atoms with Crippen molar-refractivity contribution in [3.05, 3.63) is 53.6 Å². The van der Waals surface area contributed by atoms with Gasteiger partial charge in [-0.2, -0.15) is 5.11 Å². The van der Waals surface area contributed by atoms with Gasteiger partial charge >= 0.3 is 11.9 Å². The first-order valence-electron chi connectivity index (χ1n) is 6.75. The predicted octanol–water partition coefficient (Wildman–Crippen LogP) is 3.52. The fourth-order valence-electron chi connectivity index (χ4n) is 1.93. The van der Waals surface area contributed by atoms with Gasteiger partial charge in [-0.1, -0.05) is 12.1 Å². The van der Waals surface area contributed by atoms with Crippen LogP contribution in [0.25, 0.3) is 0 Å². The normalized spacial score (nSPS) is 10.8. The van der Waals surface area contributed by atoms with Gasteiger partial charge in [-0.3, -0.25) is 4.79 Å². The number of hydrogen-bond acceptors (Lipinski definition) is 5. The zero-order valence-electron chi connectivity index (χ0n) is 12.0. The van der Waals surface area contributed by atoms with Gasteiger partial charge in [-0.15, -0.1) is 5.11 Å². The molecule has 0 saturated heterocycles. The molecule has 0 aliphatic rings. The Kier molecular flexibility index (Phi) is 5.03. The van der Waals surface area contributed by atoms with Gasteiger partial charge in [0, 0.05) is 6.42 Å². The summed E-state index contributed by atoms with van der Waals surface area (Å²) in [4.78, 5) is 21.7. The summed E-state index contributed by atoms with van der Waals surface area (Å²) in [6.45, 7) is 0. The SMILES string of the molecule is O=C(O)CCc1cc(N=Nc2ccccc2C(=O)O)ccc1O. The quantitative estimate of drug-likeness (QED) is 0.705. The van der Waals surface area contributed by atoms with Crippen LogP contribution >= 0.6 is 0 Å². The zero-order valence-corrected chi connectivity index (χ0v) is 12.0. The van der Waals surface area contributed by atoms with Gasteiger partial charge in [0.05, 0.1) is 11.3 Å². The van der Waals surface area contributed by atoms with Crippen molar-refractivity contribution in [2.24, 2.45) is 10.2 Å². The van der Waals surface area contributed by atoms with E-state index in [2.05, 4.69) is 10.2 Å². The summed E-state index contributed by atoms with van der Waals surface area (Å²) in [6.07, 6.45) is 0.0479. The average Bonchev–Trinajstić information content (AvgIpc) is 2.53. The second kappa shape index (κ2) is 7.17. The standard InChI is InChI=1S/C16H14N2O5/c19-14-7-6-11(9-10(14)5-8-15(20)21)17-18-13-4-2-1-3-12(13)16(22)23/h1-4,6-7,9,19H,5,8H2,(H,20,21)(H,22,23). The minimum absolute atomic E-state index is 0.0175. The summed E-state index contributed by atoms with van der Waals surface area (Å²) in [5.74, 6) is -2.09. The molecule has 0 spiro atoms. The molecule has 2 aromatic rings. The van der Waals surface area contributed by atoms with Crippen LogP contribution in [0.15, 0.2) is 52.7 Å². The van der Waals surface area contributed by atoms with E-state index in [0.29, 0.717) is 11.3 Å². The van der Waals surface area contributed by atoms with Gasteiger partial charge < -0.3 is 15.3 Å². The Morgan fingerprint density at radius 3 is 2.43 bits per heavy atom. The first-order valence-corrected chi connectivity index (χ1v) is 6.75. The molecule has 2 rings (SSSR count). The van der Waals surface area contributed by atoms with Crippen molar-refractivity contribution in [2.45, 2.75) is 12.8 Å². The van der Waals surface area contributed by atoms with E-state index in [1.807, 2.05) is 0 Å². The summed E-state index contributed by atoms with van der Waals surface area (Å²) in [5.41, 5.74) is 1.07. The number of carbonyl (C=O) groups is 2. The molecule has 0 bridgehead atoms. The number of benzene rings is 2. The molecular formula is C16H14N2O5. The van der Waals surface area contributed by atoms with Gasteiger partial charge in [-0.05, 0) is 42.3 Å². The Balaban J connectivity index is 2.25. The van der Waals surface area contributed by atoms with Crippen molar-refractivity contribution < 1.29 is 24.9 Å². The summed E-state index contributed by atoms with van der Waals surface area (Å²) in [6, 6.07) is 10.6. The van der Waals surface area contributed by atoms with Crippen LogP contribution in [-0.2, 0) is 11.2 Å². The van der Waals surface area contributed by atoms with E-state index in [1.165, 1.54) is 30.3 Å². The molecule has 0 aliphatic heterocycles. The summed E-state index contributed by atoms with van der Waals surface area (Å²) >= 11 is 0. The van der Waals surface area contributed by atoms with Crippen LogP contribution in [0.3, 0.4) is 0 Å². The van der Waals surface area contributed by atoms with E-state index in [0.717, 1.165) is 0 Å². The Bertz CT molecular complexity index is 771. The van der Waals surface area contributed by atoms with E-state index in [9.17, 15) is 14.7 Å². The zero-order chi connectivity index (χ0) is 16.8. The summed E-state index contributed by atoms with van der Waals surface area (Å²) in [5, 5.41) is 35.3. The molecular weight excluding hydrogens is 300 g/mol. The van der Waals surface area contributed by atoms with E-state index < -0.39 is 11.9 Å². The van der Waals surface area contributed by atoms with Crippen LogP contribution in [0.4, 0.5) is 11.4 Å². The van der Waals surface area contributed by atoms with Crippen molar-refractivity contribution in [1.29, 1.82) is 0 Å². The number of aromatic carboxylic acids is 1. The smallest absolute Gasteiger partial charge is 0.337 e. The lowest BCUT2D eigenvalue weighted by molar-refractivity contribution is -0.136. The Morgan fingerprint density at radius 1 is 1.00 bits per heavy atom. The second-order valence-electron chi connectivity index (χ2n) is 4.73. The maximum atomic E-state index is 11.1. The molecule has 0 amide bonds. The fourth-order valence-corrected chi connectivity index (χ4v) is 1.93. The number of azo groups is 1. The average molecular weight is 314 g/mol. The Labute approximate surface area is 131 Å². The fraction of sp³-hybridized carbons (Fsp3) is 0.125. The molecule has 0 radical (unpaired) electrons. The van der Waals surface area contributed by atoms with Gasteiger partial charge in [0.2, 0.25) is 0 Å². The molecule has 23 heavy (non-hydrogen) atoms. The minimum Gasteiger partial charge on any atom is -0.508 e. The van der Waals surface area contributed by atoms with Gasteiger partial charge in [0.1, 0.15) is 11.4 Å². The van der Waals surface area contributed by atoms with Crippen molar-refractivity contribution in [3.63, 3.8) is 0 Å². The van der Waals surface area contributed by atoms with Crippen LogP contribution in [-0.4, -0.2) is 27.3 Å². The van der Waals surface area contributed by atoms with E-state index in [4.69, 9.17) is 10.2 Å². The number of aryl methyl sites for hydroxylation is 1. The first kappa shape index (κ1) is 16.2. The molecule has 0 aliphatic carbocycles. The largest absolute Gasteiger partial charge is 0.508 e. The third-order valence-electron chi connectivity index (χ3n) is 3.08. The van der Waals surface area contributed by atoms with Crippen LogP contribution in [0.2, 0.25) is 0 Å². The molecule has 2 aromatic carbocycles. The lowest BCUT2D eigenvalue weighted by atomic mass is 10.1. The topological polar surface area (TPSA) is 120 Å². The maximum absolute atomic E-state index is 11.1. The molecule has 0 saturated carbocycles. The van der Waals surface area contributed by atoms with Crippen LogP contribution in [0, 0.1) is 0 Å². The third kappa shape index (κ3) is 4.37. The highest BCUT2D eigenvalue weighted by molar-refractivity contribution is 5.93. The van der Waals surface area contributed by atoms with Crippen molar-refractivity contribution in [3.8, 4) is 5.75 Å². The highest BCUT2D eigenvalue weighted by Crippen LogP contribution is 2.27. The third-order valence-corrected chi connectivity index (χ3v) is 3.08.